The summed E-state index contributed by atoms with van der Waals surface area (Å²) in [4.78, 5) is 9.37. The zero-order valence-corrected chi connectivity index (χ0v) is 9.27. The Bertz CT molecular complexity index is 50.5. The predicted octanol–water partition coefficient (Wildman–Crippen LogP) is -2.27. The number of aliphatic carboxylic acids is 1. The SMILES string of the molecule is CCC(=O)O.[CaH2].[CaH2].[PbH2]. The molecule has 0 bridgehead atoms. The van der Waals surface area contributed by atoms with Crippen molar-refractivity contribution in [2.75, 3.05) is 0 Å². The number of hydrogen-bond acceptors (Lipinski definition) is 1. The van der Waals surface area contributed by atoms with Gasteiger partial charge in [-0.25, -0.2) is 0 Å². The molecule has 0 aromatic rings. The van der Waals surface area contributed by atoms with E-state index < -0.39 is 5.97 Å². The van der Waals surface area contributed by atoms with E-state index in [9.17, 15) is 4.79 Å². The summed E-state index contributed by atoms with van der Waals surface area (Å²) in [7, 11) is 0. The van der Waals surface area contributed by atoms with Gasteiger partial charge in [0.1, 0.15) is 0 Å². The summed E-state index contributed by atoms with van der Waals surface area (Å²) < 4.78 is 0. The van der Waals surface area contributed by atoms with Crippen LogP contribution in [0, 0.1) is 0 Å². The van der Waals surface area contributed by atoms with Gasteiger partial charge < -0.3 is 5.11 Å². The van der Waals surface area contributed by atoms with Crippen molar-refractivity contribution in [3.05, 3.63) is 0 Å². The maximum atomic E-state index is 9.37. The van der Waals surface area contributed by atoms with Crippen molar-refractivity contribution in [3.8, 4) is 0 Å². The minimum atomic E-state index is -0.745. The Morgan fingerprint density at radius 1 is 1.50 bits per heavy atom. The van der Waals surface area contributed by atoms with Gasteiger partial charge in [-0.15, -0.1) is 0 Å². The predicted molar refractivity (Wildman–Crippen MR) is 43.6 cm³/mol. The minimum absolute atomic E-state index is 0. The zero-order chi connectivity index (χ0) is 4.28. The molecule has 0 aromatic heterocycles. The van der Waals surface area contributed by atoms with Crippen molar-refractivity contribution >= 4 is 109 Å². The van der Waals surface area contributed by atoms with Crippen molar-refractivity contribution in [2.45, 2.75) is 13.3 Å². The van der Waals surface area contributed by atoms with E-state index >= 15 is 0 Å². The van der Waals surface area contributed by atoms with E-state index in [4.69, 9.17) is 5.11 Å². The Labute approximate surface area is 129 Å². The summed E-state index contributed by atoms with van der Waals surface area (Å²) in [6.45, 7) is 1.60. The Kier molecular flexibility index (Phi) is 46.2. The van der Waals surface area contributed by atoms with E-state index in [0.29, 0.717) is 0 Å². The monoisotopic (exact) mass is 368 g/mol. The van der Waals surface area contributed by atoms with Gasteiger partial charge in [-0.2, -0.15) is 0 Å². The second kappa shape index (κ2) is 16.5. The molecule has 0 aliphatic heterocycles. The van der Waals surface area contributed by atoms with Crippen LogP contribution in [0.3, 0.4) is 0 Å². The van der Waals surface area contributed by atoms with Crippen molar-refractivity contribution in [3.63, 3.8) is 0 Å². The molecule has 0 spiro atoms. The molecule has 2 nitrogen and oxygen atoms in total. The molecule has 0 aliphatic carbocycles. The number of carboxylic acids is 1. The van der Waals surface area contributed by atoms with Crippen LogP contribution in [0.5, 0.6) is 0 Å². The first-order valence-electron chi connectivity index (χ1n) is 1.49. The molecule has 5 heteroatoms. The van der Waals surface area contributed by atoms with Crippen molar-refractivity contribution in [1.29, 1.82) is 0 Å². The van der Waals surface area contributed by atoms with Crippen molar-refractivity contribution in [2.24, 2.45) is 0 Å². The first-order chi connectivity index (χ1) is 2.27. The number of carboxylic acid groups (broad SMARTS) is 1. The van der Waals surface area contributed by atoms with E-state index in [2.05, 4.69) is 0 Å². The van der Waals surface area contributed by atoms with Crippen LogP contribution in [0.1, 0.15) is 13.3 Å². The van der Waals surface area contributed by atoms with Gasteiger partial charge in [-0.3, -0.25) is 4.79 Å². The van der Waals surface area contributed by atoms with Crippen LogP contribution in [0.2, 0.25) is 0 Å². The van der Waals surface area contributed by atoms with E-state index in [1.54, 1.807) is 6.92 Å². The quantitative estimate of drug-likeness (QED) is 0.531. The van der Waals surface area contributed by atoms with Crippen LogP contribution in [0.25, 0.3) is 0 Å². The fourth-order valence-corrected chi connectivity index (χ4v) is 0. The third kappa shape index (κ3) is 23.1. The molecule has 0 fully saturated rings. The molecule has 0 atom stereocenters. The van der Waals surface area contributed by atoms with Crippen LogP contribution in [0.15, 0.2) is 0 Å². The van der Waals surface area contributed by atoms with Crippen molar-refractivity contribution < 1.29 is 9.90 Å². The topological polar surface area (TPSA) is 37.3 Å². The van der Waals surface area contributed by atoms with Gasteiger partial charge in [-0.1, -0.05) is 6.92 Å². The molecule has 0 rings (SSSR count). The van der Waals surface area contributed by atoms with Crippen LogP contribution in [-0.4, -0.2) is 114 Å². The Balaban J connectivity index is -0.0000000267. The van der Waals surface area contributed by atoms with Gasteiger partial charge in [-0.05, 0) is 0 Å². The van der Waals surface area contributed by atoms with E-state index in [-0.39, 0.29) is 109 Å². The normalized spacial score (nSPS) is 4.62. The number of carbonyl (C=O) groups is 1. The molecular formula is C3H12Ca2O2Pb. The van der Waals surface area contributed by atoms with E-state index in [1.807, 2.05) is 0 Å². The summed E-state index contributed by atoms with van der Waals surface area (Å²) in [5.74, 6) is -0.745. The molecule has 0 saturated heterocycles. The van der Waals surface area contributed by atoms with Crippen LogP contribution < -0.4 is 0 Å². The average molecular weight is 367 g/mol. The van der Waals surface area contributed by atoms with E-state index in [1.165, 1.54) is 0 Å². The zero-order valence-electron chi connectivity index (χ0n) is 3.77. The van der Waals surface area contributed by atoms with Gasteiger partial charge in [0.05, 0.1) is 0 Å². The van der Waals surface area contributed by atoms with E-state index in [0.717, 1.165) is 0 Å². The average Bonchev–Trinajstić information content (AvgIpc) is 1.38. The third-order valence-corrected chi connectivity index (χ3v) is 0.302. The van der Waals surface area contributed by atoms with Crippen molar-refractivity contribution in [1.82, 2.24) is 0 Å². The summed E-state index contributed by atoms with van der Waals surface area (Å²) in [6.07, 6.45) is 0.222. The molecule has 8 heavy (non-hydrogen) atoms. The standard InChI is InChI=1S/C3H6O2.2Ca.Pb.6H/c1-2-3(4)5;;;;;;;;;/h2H2,1H3,(H,4,5);;;;;;;;;. The molecule has 0 heterocycles. The summed E-state index contributed by atoms with van der Waals surface area (Å²) in [6, 6.07) is 0. The summed E-state index contributed by atoms with van der Waals surface area (Å²) >= 11 is 0. The van der Waals surface area contributed by atoms with Gasteiger partial charge in [0.15, 0.2) is 0 Å². The molecule has 0 unspecified atom stereocenters. The number of hydrogen-bond donors (Lipinski definition) is 1. The first-order valence-corrected chi connectivity index (χ1v) is 1.49. The van der Waals surface area contributed by atoms with Crippen LogP contribution in [0.4, 0.5) is 0 Å². The molecule has 1 N–H and O–H groups in total. The summed E-state index contributed by atoms with van der Waals surface area (Å²) in [5.41, 5.74) is 0. The Morgan fingerprint density at radius 3 is 1.62 bits per heavy atom. The third-order valence-electron chi connectivity index (χ3n) is 0.302. The van der Waals surface area contributed by atoms with Gasteiger partial charge in [0.25, 0.3) is 0 Å². The molecular weight excluding hydrogens is 355 g/mol. The fraction of sp³-hybridized carbons (Fsp3) is 0.667. The molecule has 44 valence electrons. The fourth-order valence-electron chi connectivity index (χ4n) is 0. The Morgan fingerprint density at radius 2 is 1.62 bits per heavy atom. The maximum absolute atomic E-state index is 9.37. The molecule has 0 saturated carbocycles. The summed E-state index contributed by atoms with van der Waals surface area (Å²) in [5, 5.41) is 7.72. The molecule has 0 aromatic carbocycles. The first kappa shape index (κ1) is 22.4. The molecule has 0 aliphatic rings. The van der Waals surface area contributed by atoms with Gasteiger partial charge in [0, 0.05) is 6.42 Å². The second-order valence-electron chi connectivity index (χ2n) is 0.747. The molecule has 0 amide bonds. The second-order valence-corrected chi connectivity index (χ2v) is 0.747. The van der Waals surface area contributed by atoms with Gasteiger partial charge >= 0.3 is 109 Å². The Hall–Kier alpha value is 2.91. The number of rotatable bonds is 1. The van der Waals surface area contributed by atoms with Crippen LogP contribution >= 0.6 is 0 Å². The molecule has 2 radical (unpaired) electrons. The van der Waals surface area contributed by atoms with Crippen LogP contribution in [-0.2, 0) is 4.79 Å². The van der Waals surface area contributed by atoms with Gasteiger partial charge in [0.2, 0.25) is 0 Å².